The minimum absolute atomic E-state index is 0.112. The number of ketones is 1. The van der Waals surface area contributed by atoms with E-state index < -0.39 is 15.9 Å². The Morgan fingerprint density at radius 2 is 1.82 bits per heavy atom. The van der Waals surface area contributed by atoms with Crippen LogP contribution in [0.4, 0.5) is 0 Å². The molecule has 0 aromatic carbocycles. The van der Waals surface area contributed by atoms with Crippen LogP contribution in [0.5, 0.6) is 0 Å². The molecule has 7 nitrogen and oxygen atoms in total. The SMILES string of the molecule is C[C@H](CCC(=O)NCCS(=O)(=O)[O-])[C@H]1CC[C@H]2[C@@H]3C(=O)C[C@@H]4C[C@H](O)CC[C@]4(C)[C@H]3CC[C@]12C. The Kier molecular flexibility index (Phi) is 7.27. The average molecular weight is 497 g/mol. The highest BCUT2D eigenvalue weighted by Gasteiger charge is 2.62. The van der Waals surface area contributed by atoms with Crippen LogP contribution in [0, 0.1) is 46.3 Å². The quantitative estimate of drug-likeness (QED) is 0.522. The summed E-state index contributed by atoms with van der Waals surface area (Å²) in [6.45, 7) is 6.85. The summed E-state index contributed by atoms with van der Waals surface area (Å²) >= 11 is 0. The van der Waals surface area contributed by atoms with Crippen molar-refractivity contribution in [3.8, 4) is 0 Å². The molecule has 4 saturated carbocycles. The van der Waals surface area contributed by atoms with E-state index in [1.165, 1.54) is 0 Å². The van der Waals surface area contributed by atoms with Gasteiger partial charge in [0.15, 0.2) is 0 Å². The van der Waals surface area contributed by atoms with E-state index >= 15 is 0 Å². The van der Waals surface area contributed by atoms with Crippen molar-refractivity contribution < 1.29 is 27.7 Å². The summed E-state index contributed by atoms with van der Waals surface area (Å²) in [7, 11) is -4.32. The molecule has 4 aliphatic rings. The monoisotopic (exact) mass is 496 g/mol. The Balaban J connectivity index is 1.39. The van der Waals surface area contributed by atoms with Crippen molar-refractivity contribution in [1.29, 1.82) is 0 Å². The van der Waals surface area contributed by atoms with Crippen LogP contribution in [0.15, 0.2) is 0 Å². The third-order valence-electron chi connectivity index (χ3n) is 10.7. The molecule has 1 amide bonds. The fourth-order valence-corrected chi connectivity index (χ4v) is 9.20. The summed E-state index contributed by atoms with van der Waals surface area (Å²) < 4.78 is 32.1. The summed E-state index contributed by atoms with van der Waals surface area (Å²) in [6, 6.07) is 0. The number of fused-ring (bicyclic) bond motifs is 5. The lowest BCUT2D eigenvalue weighted by molar-refractivity contribution is -0.160. The molecular weight excluding hydrogens is 454 g/mol. The maximum absolute atomic E-state index is 13.5. The maximum Gasteiger partial charge on any atom is 0.220 e. The topological polar surface area (TPSA) is 124 Å². The average Bonchev–Trinajstić information content (AvgIpc) is 3.09. The molecule has 0 aromatic rings. The first-order valence-electron chi connectivity index (χ1n) is 13.3. The van der Waals surface area contributed by atoms with Gasteiger partial charge in [-0.25, -0.2) is 8.42 Å². The molecule has 0 bridgehead atoms. The first-order chi connectivity index (χ1) is 15.8. The van der Waals surface area contributed by atoms with E-state index in [4.69, 9.17) is 0 Å². The van der Waals surface area contributed by atoms with Crippen molar-refractivity contribution >= 4 is 21.8 Å². The van der Waals surface area contributed by atoms with E-state index in [1.54, 1.807) is 0 Å². The second kappa shape index (κ2) is 9.47. The van der Waals surface area contributed by atoms with Gasteiger partial charge in [-0.3, -0.25) is 9.59 Å². The number of aliphatic hydroxyl groups excluding tert-OH is 1. The number of amides is 1. The van der Waals surface area contributed by atoms with E-state index in [0.717, 1.165) is 51.4 Å². The zero-order chi connectivity index (χ0) is 24.9. The van der Waals surface area contributed by atoms with Gasteiger partial charge in [0, 0.05) is 25.3 Å². The zero-order valence-electron chi connectivity index (χ0n) is 20.9. The molecule has 194 valence electrons. The molecule has 0 unspecified atom stereocenters. The second-order valence-corrected chi connectivity index (χ2v) is 13.9. The highest BCUT2D eigenvalue weighted by molar-refractivity contribution is 7.85. The number of rotatable bonds is 7. The van der Waals surface area contributed by atoms with Crippen molar-refractivity contribution in [3.63, 3.8) is 0 Å². The predicted molar refractivity (Wildman–Crippen MR) is 128 cm³/mol. The lowest BCUT2D eigenvalue weighted by Crippen LogP contribution is -2.57. The molecule has 8 heteroatoms. The van der Waals surface area contributed by atoms with E-state index in [0.29, 0.717) is 48.2 Å². The molecule has 4 rings (SSSR count). The summed E-state index contributed by atoms with van der Waals surface area (Å²) in [5.74, 6) is 1.76. The summed E-state index contributed by atoms with van der Waals surface area (Å²) in [5, 5.41) is 12.8. The number of hydrogen-bond donors (Lipinski definition) is 2. The summed E-state index contributed by atoms with van der Waals surface area (Å²) in [6.07, 6.45) is 8.45. The van der Waals surface area contributed by atoms with E-state index in [1.807, 2.05) is 0 Å². The van der Waals surface area contributed by atoms with Crippen LogP contribution in [-0.4, -0.2) is 48.2 Å². The van der Waals surface area contributed by atoms with Crippen LogP contribution >= 0.6 is 0 Å². The van der Waals surface area contributed by atoms with Crippen LogP contribution in [0.1, 0.15) is 85.0 Å². The van der Waals surface area contributed by atoms with Gasteiger partial charge in [-0.1, -0.05) is 20.8 Å². The van der Waals surface area contributed by atoms with E-state index in [-0.39, 0.29) is 35.3 Å². The third-order valence-corrected chi connectivity index (χ3v) is 11.4. The molecule has 0 aromatic heterocycles. The van der Waals surface area contributed by atoms with Gasteiger partial charge in [0.05, 0.1) is 22.0 Å². The Morgan fingerprint density at radius 1 is 1.15 bits per heavy atom. The number of Topliss-reactive ketones (excluding diaryl/α,β-unsaturated/α-hetero) is 1. The summed E-state index contributed by atoms with van der Waals surface area (Å²) in [5.41, 5.74) is 0.277. The van der Waals surface area contributed by atoms with Crippen molar-refractivity contribution in [2.24, 2.45) is 46.3 Å². The Hall–Kier alpha value is -0.990. The number of aliphatic hydroxyl groups is 1. The number of hydrogen-bond acceptors (Lipinski definition) is 6. The zero-order valence-corrected chi connectivity index (χ0v) is 21.7. The van der Waals surface area contributed by atoms with Crippen molar-refractivity contribution in [2.45, 2.75) is 91.1 Å². The lowest BCUT2D eigenvalue weighted by Gasteiger charge is -2.60. The molecule has 0 radical (unpaired) electrons. The van der Waals surface area contributed by atoms with Gasteiger partial charge in [-0.15, -0.1) is 0 Å². The molecule has 0 aliphatic heterocycles. The van der Waals surface area contributed by atoms with Crippen LogP contribution in [0.3, 0.4) is 0 Å². The molecule has 0 spiro atoms. The molecule has 0 saturated heterocycles. The largest absolute Gasteiger partial charge is 0.748 e. The van der Waals surface area contributed by atoms with Gasteiger partial charge in [0.1, 0.15) is 5.78 Å². The minimum Gasteiger partial charge on any atom is -0.748 e. The maximum atomic E-state index is 13.5. The van der Waals surface area contributed by atoms with Gasteiger partial charge < -0.3 is 15.0 Å². The van der Waals surface area contributed by atoms with Crippen LogP contribution in [0.25, 0.3) is 0 Å². The van der Waals surface area contributed by atoms with E-state index in [2.05, 4.69) is 26.1 Å². The Labute approximate surface area is 204 Å². The molecule has 9 atom stereocenters. The highest BCUT2D eigenvalue weighted by Crippen LogP contribution is 2.67. The normalized spacial score (nSPS) is 42.9. The number of nitrogens with one attached hydrogen (secondary N) is 1. The van der Waals surface area contributed by atoms with Crippen LogP contribution in [-0.2, 0) is 19.7 Å². The fraction of sp³-hybridized carbons (Fsp3) is 0.923. The molecule has 4 aliphatic carbocycles. The first kappa shape index (κ1) is 26.1. The van der Waals surface area contributed by atoms with Crippen LogP contribution in [0.2, 0.25) is 0 Å². The Bertz CT molecular complexity index is 905. The third kappa shape index (κ3) is 4.83. The minimum atomic E-state index is -4.32. The predicted octanol–water partition coefficient (Wildman–Crippen LogP) is 3.26. The second-order valence-electron chi connectivity index (χ2n) is 12.4. The smallest absolute Gasteiger partial charge is 0.220 e. The Morgan fingerprint density at radius 3 is 2.53 bits per heavy atom. The fourth-order valence-electron chi connectivity index (χ4n) is 8.85. The van der Waals surface area contributed by atoms with Crippen molar-refractivity contribution in [2.75, 3.05) is 12.3 Å². The van der Waals surface area contributed by atoms with Gasteiger partial charge in [-0.05, 0) is 91.8 Å². The van der Waals surface area contributed by atoms with Gasteiger partial charge >= 0.3 is 0 Å². The highest BCUT2D eigenvalue weighted by atomic mass is 32.2. The molecule has 4 fully saturated rings. The van der Waals surface area contributed by atoms with Gasteiger partial charge in [-0.2, -0.15) is 0 Å². The standard InChI is InChI=1S/C26H43NO6S/c1-16(4-7-23(30)27-12-13-34(31,32)33)19-5-6-20-24-21(9-11-26(19,20)3)25(2)10-8-18(28)14-17(25)15-22(24)29/h16-21,24,28H,4-15H2,1-3H3,(H,27,30)(H,31,32,33)/p-1/t16-,17+,18-,19-,20+,21+,24+,25+,26-/m1/s1. The van der Waals surface area contributed by atoms with Crippen molar-refractivity contribution in [1.82, 2.24) is 5.32 Å². The van der Waals surface area contributed by atoms with Crippen LogP contribution < -0.4 is 5.32 Å². The first-order valence-corrected chi connectivity index (χ1v) is 14.8. The molecule has 34 heavy (non-hydrogen) atoms. The van der Waals surface area contributed by atoms with Gasteiger partial charge in [0.25, 0.3) is 0 Å². The molecule has 0 heterocycles. The number of carbonyl (C=O) groups is 2. The molecule has 2 N–H and O–H groups in total. The lowest BCUT2D eigenvalue weighted by atomic mass is 9.44. The number of carbonyl (C=O) groups excluding carboxylic acids is 2. The molecular formula is C26H42NO6S-. The van der Waals surface area contributed by atoms with Gasteiger partial charge in [0.2, 0.25) is 5.91 Å². The van der Waals surface area contributed by atoms with E-state index in [9.17, 15) is 27.7 Å². The summed E-state index contributed by atoms with van der Waals surface area (Å²) in [4.78, 5) is 25.6. The van der Waals surface area contributed by atoms with Crippen molar-refractivity contribution in [3.05, 3.63) is 0 Å².